The van der Waals surface area contributed by atoms with Crippen molar-refractivity contribution in [1.82, 2.24) is 10.3 Å². The summed E-state index contributed by atoms with van der Waals surface area (Å²) in [4.78, 5) is 18.4. The number of amides is 1. The number of thiazole rings is 1. The van der Waals surface area contributed by atoms with Crippen molar-refractivity contribution in [2.75, 3.05) is 37.7 Å². The van der Waals surface area contributed by atoms with E-state index in [0.29, 0.717) is 51.1 Å². The number of para-hydroxylation sites is 1. The molecule has 1 amide bonds. The minimum Gasteiger partial charge on any atom is -0.381 e. The topological polar surface area (TPSA) is 54.5 Å². The van der Waals surface area contributed by atoms with Gasteiger partial charge in [0.25, 0.3) is 0 Å². The predicted molar refractivity (Wildman–Crippen MR) is 96.8 cm³/mol. The van der Waals surface area contributed by atoms with E-state index in [1.807, 2.05) is 11.0 Å². The monoisotopic (exact) mass is 381 g/mol. The van der Waals surface area contributed by atoms with Crippen LogP contribution in [0.15, 0.2) is 18.2 Å². The fraction of sp³-hybridized carbons (Fsp3) is 0.556. The number of anilines is 1. The molecule has 0 saturated carbocycles. The third kappa shape index (κ3) is 3.53. The van der Waals surface area contributed by atoms with E-state index in [0.717, 1.165) is 9.83 Å². The van der Waals surface area contributed by atoms with Gasteiger partial charge in [0.15, 0.2) is 5.13 Å². The zero-order valence-corrected chi connectivity index (χ0v) is 15.2. The molecule has 4 rings (SSSR count). The summed E-state index contributed by atoms with van der Waals surface area (Å²) < 4.78 is 34.8. The van der Waals surface area contributed by atoms with E-state index < -0.39 is 5.67 Å². The quantitative estimate of drug-likeness (QED) is 0.885. The van der Waals surface area contributed by atoms with E-state index in [9.17, 15) is 9.18 Å². The van der Waals surface area contributed by atoms with E-state index in [1.54, 1.807) is 6.07 Å². The van der Waals surface area contributed by atoms with E-state index >= 15 is 4.39 Å². The van der Waals surface area contributed by atoms with E-state index in [1.165, 1.54) is 17.4 Å². The number of benzene rings is 1. The van der Waals surface area contributed by atoms with Gasteiger partial charge >= 0.3 is 0 Å². The zero-order chi connectivity index (χ0) is 18.1. The third-order valence-corrected chi connectivity index (χ3v) is 6.25. The number of hydrogen-bond acceptors (Lipinski definition) is 5. The Balaban J connectivity index is 1.35. The minimum atomic E-state index is -1.41. The van der Waals surface area contributed by atoms with E-state index in [4.69, 9.17) is 4.74 Å². The molecule has 2 aliphatic rings. The van der Waals surface area contributed by atoms with Crippen LogP contribution in [0, 0.1) is 11.7 Å². The van der Waals surface area contributed by atoms with Crippen molar-refractivity contribution in [2.45, 2.75) is 24.9 Å². The first-order valence-electron chi connectivity index (χ1n) is 8.88. The molecule has 0 spiro atoms. The molecule has 1 aromatic heterocycles. The molecule has 2 aliphatic heterocycles. The number of piperidine rings is 1. The van der Waals surface area contributed by atoms with Crippen molar-refractivity contribution < 1.29 is 18.3 Å². The highest BCUT2D eigenvalue weighted by Crippen LogP contribution is 2.34. The van der Waals surface area contributed by atoms with Crippen LogP contribution >= 0.6 is 11.3 Å². The van der Waals surface area contributed by atoms with Crippen LogP contribution in [0.2, 0.25) is 0 Å². The third-order valence-electron chi connectivity index (χ3n) is 5.17. The normalized spacial score (nSPS) is 22.7. The molecule has 2 aromatic rings. The van der Waals surface area contributed by atoms with Gasteiger partial charge < -0.3 is 15.0 Å². The summed E-state index contributed by atoms with van der Waals surface area (Å²) in [5.74, 6) is -0.611. The average Bonchev–Trinajstić information content (AvgIpc) is 3.31. The number of carbonyl (C=O) groups excluding carboxylic acids is 1. The SMILES string of the molecule is O=C(NCC1(F)CCN(c2nc3c(F)cccc3s2)CC1)C1CCOC1. The van der Waals surface area contributed by atoms with Gasteiger partial charge in [-0.2, -0.15) is 0 Å². The van der Waals surface area contributed by atoms with Crippen molar-refractivity contribution in [1.29, 1.82) is 0 Å². The van der Waals surface area contributed by atoms with Gasteiger partial charge in [0.1, 0.15) is 17.0 Å². The van der Waals surface area contributed by atoms with Gasteiger partial charge in [0.05, 0.1) is 23.8 Å². The van der Waals surface area contributed by atoms with Gasteiger partial charge in [-0.15, -0.1) is 0 Å². The molecule has 1 N–H and O–H groups in total. The molecule has 2 fully saturated rings. The molecular weight excluding hydrogens is 360 g/mol. The summed E-state index contributed by atoms with van der Waals surface area (Å²) in [5.41, 5.74) is -1.04. The molecule has 0 aliphatic carbocycles. The van der Waals surface area contributed by atoms with Crippen LogP contribution in [0.5, 0.6) is 0 Å². The molecule has 3 heterocycles. The highest BCUT2D eigenvalue weighted by atomic mass is 32.1. The first-order valence-corrected chi connectivity index (χ1v) is 9.70. The van der Waals surface area contributed by atoms with Gasteiger partial charge in [-0.1, -0.05) is 17.4 Å². The molecule has 8 heteroatoms. The molecule has 0 radical (unpaired) electrons. The van der Waals surface area contributed by atoms with Crippen LogP contribution in [0.4, 0.5) is 13.9 Å². The number of ether oxygens (including phenoxy) is 1. The summed E-state index contributed by atoms with van der Waals surface area (Å²) >= 11 is 1.42. The minimum absolute atomic E-state index is 0.0324. The Morgan fingerprint density at radius 1 is 1.42 bits per heavy atom. The second kappa shape index (κ2) is 7.08. The summed E-state index contributed by atoms with van der Waals surface area (Å²) in [6.07, 6.45) is 1.33. The van der Waals surface area contributed by atoms with Gasteiger partial charge in [-0.3, -0.25) is 4.79 Å². The van der Waals surface area contributed by atoms with Crippen LogP contribution in [0.3, 0.4) is 0 Å². The number of fused-ring (bicyclic) bond motifs is 1. The highest BCUT2D eigenvalue weighted by Gasteiger charge is 2.36. The van der Waals surface area contributed by atoms with E-state index in [2.05, 4.69) is 10.3 Å². The van der Waals surface area contributed by atoms with Crippen LogP contribution in [-0.4, -0.2) is 49.4 Å². The lowest BCUT2D eigenvalue weighted by Crippen LogP contribution is -2.49. The first-order chi connectivity index (χ1) is 12.5. The van der Waals surface area contributed by atoms with Crippen LogP contribution in [-0.2, 0) is 9.53 Å². The fourth-order valence-corrected chi connectivity index (χ4v) is 4.48. The Bertz CT molecular complexity index is 799. The number of halogens is 2. The fourth-order valence-electron chi connectivity index (χ4n) is 3.45. The second-order valence-electron chi connectivity index (χ2n) is 7.00. The second-order valence-corrected chi connectivity index (χ2v) is 8.01. The number of rotatable bonds is 4. The number of nitrogens with zero attached hydrogens (tertiary/aromatic N) is 2. The molecule has 1 atom stereocenters. The van der Waals surface area contributed by atoms with Crippen molar-refractivity contribution in [2.24, 2.45) is 5.92 Å². The van der Waals surface area contributed by atoms with Crippen LogP contribution in [0.1, 0.15) is 19.3 Å². The summed E-state index contributed by atoms with van der Waals surface area (Å²) in [6, 6.07) is 4.90. The highest BCUT2D eigenvalue weighted by molar-refractivity contribution is 7.22. The molecule has 5 nitrogen and oxygen atoms in total. The molecular formula is C18H21F2N3O2S. The summed E-state index contributed by atoms with van der Waals surface area (Å²) in [6.45, 7) is 2.05. The molecule has 140 valence electrons. The average molecular weight is 381 g/mol. The Kier molecular flexibility index (Phi) is 4.79. The molecule has 1 aromatic carbocycles. The molecule has 26 heavy (non-hydrogen) atoms. The Labute approximate surface area is 154 Å². The standard InChI is InChI=1S/C18H21F2N3O2S/c19-13-2-1-3-14-15(13)22-17(26-14)23-7-5-18(20,6-8-23)11-21-16(24)12-4-9-25-10-12/h1-3,12H,4-11H2,(H,21,24). The van der Waals surface area contributed by atoms with Gasteiger partial charge in [-0.05, 0) is 18.6 Å². The van der Waals surface area contributed by atoms with E-state index in [-0.39, 0.29) is 24.2 Å². The Morgan fingerprint density at radius 3 is 2.92 bits per heavy atom. The lowest BCUT2D eigenvalue weighted by Gasteiger charge is -2.36. The number of aromatic nitrogens is 1. The lowest BCUT2D eigenvalue weighted by atomic mass is 9.93. The largest absolute Gasteiger partial charge is 0.381 e. The summed E-state index contributed by atoms with van der Waals surface area (Å²) in [5, 5.41) is 3.46. The number of nitrogens with one attached hydrogen (secondary N) is 1. The van der Waals surface area contributed by atoms with Crippen molar-refractivity contribution in [3.8, 4) is 0 Å². The van der Waals surface area contributed by atoms with Crippen LogP contribution < -0.4 is 10.2 Å². The molecule has 1 unspecified atom stereocenters. The Hall–Kier alpha value is -1.80. The Morgan fingerprint density at radius 2 is 2.23 bits per heavy atom. The maximum absolute atomic E-state index is 15.0. The predicted octanol–water partition coefficient (Wildman–Crippen LogP) is 2.90. The lowest BCUT2D eigenvalue weighted by molar-refractivity contribution is -0.125. The molecule has 2 saturated heterocycles. The number of carbonyl (C=O) groups is 1. The maximum atomic E-state index is 15.0. The van der Waals surface area contributed by atoms with Crippen LogP contribution in [0.25, 0.3) is 10.2 Å². The first kappa shape index (κ1) is 17.6. The number of alkyl halides is 1. The van der Waals surface area contributed by atoms with Gasteiger partial charge in [-0.25, -0.2) is 13.8 Å². The van der Waals surface area contributed by atoms with Crippen molar-refractivity contribution in [3.05, 3.63) is 24.0 Å². The van der Waals surface area contributed by atoms with Gasteiger partial charge in [0, 0.05) is 32.5 Å². The van der Waals surface area contributed by atoms with Crippen molar-refractivity contribution in [3.63, 3.8) is 0 Å². The summed E-state index contributed by atoms with van der Waals surface area (Å²) in [7, 11) is 0. The van der Waals surface area contributed by atoms with Crippen molar-refractivity contribution >= 4 is 32.6 Å². The zero-order valence-electron chi connectivity index (χ0n) is 14.3. The number of hydrogen-bond donors (Lipinski definition) is 1. The maximum Gasteiger partial charge on any atom is 0.225 e. The molecule has 0 bridgehead atoms. The van der Waals surface area contributed by atoms with Gasteiger partial charge in [0.2, 0.25) is 5.91 Å². The smallest absolute Gasteiger partial charge is 0.225 e.